The molecular formula is C18H22N2O2. The molecule has 3 rings (SSSR count). The highest BCUT2D eigenvalue weighted by molar-refractivity contribution is 5.92. The molecule has 1 aromatic heterocycles. The molecule has 0 unspecified atom stereocenters. The maximum absolute atomic E-state index is 12.8. The lowest BCUT2D eigenvalue weighted by Gasteiger charge is -2.24. The Kier molecular flexibility index (Phi) is 4.01. The molecule has 2 heterocycles. The van der Waals surface area contributed by atoms with Crippen LogP contribution in [0.25, 0.3) is 0 Å². The fourth-order valence-corrected chi connectivity index (χ4v) is 3.04. The molecule has 4 nitrogen and oxygen atoms in total. The Morgan fingerprint density at radius 1 is 1.36 bits per heavy atom. The minimum Gasteiger partial charge on any atom is -0.360 e. The van der Waals surface area contributed by atoms with E-state index in [1.165, 1.54) is 11.1 Å². The summed E-state index contributed by atoms with van der Waals surface area (Å²) >= 11 is 0. The van der Waals surface area contributed by atoms with Gasteiger partial charge in [0.25, 0.3) is 5.91 Å². The van der Waals surface area contributed by atoms with Crippen LogP contribution < -0.4 is 0 Å². The second-order valence-electron chi connectivity index (χ2n) is 6.34. The van der Waals surface area contributed by atoms with E-state index in [2.05, 4.69) is 36.3 Å². The van der Waals surface area contributed by atoms with Crippen molar-refractivity contribution < 1.29 is 9.32 Å². The maximum Gasteiger partial charge on any atom is 0.276 e. The summed E-state index contributed by atoms with van der Waals surface area (Å²) in [5.74, 6) is 0.967. The average Bonchev–Trinajstić information content (AvgIpc) is 3.16. The Morgan fingerprint density at radius 3 is 2.86 bits per heavy atom. The first kappa shape index (κ1) is 14.8. The number of benzene rings is 1. The van der Waals surface area contributed by atoms with Gasteiger partial charge < -0.3 is 9.42 Å². The van der Waals surface area contributed by atoms with E-state index in [1.807, 2.05) is 18.7 Å². The first-order valence-corrected chi connectivity index (χ1v) is 7.90. The number of aryl methyl sites for hydroxylation is 1. The number of hydrogen-bond donors (Lipinski definition) is 0. The van der Waals surface area contributed by atoms with Crippen molar-refractivity contribution in [1.29, 1.82) is 0 Å². The Hall–Kier alpha value is -2.10. The van der Waals surface area contributed by atoms with Crippen molar-refractivity contribution in [3.63, 3.8) is 0 Å². The molecule has 1 amide bonds. The van der Waals surface area contributed by atoms with Crippen LogP contribution in [0, 0.1) is 6.92 Å². The van der Waals surface area contributed by atoms with Crippen molar-refractivity contribution in [2.24, 2.45) is 0 Å². The largest absolute Gasteiger partial charge is 0.360 e. The number of carbonyl (C=O) groups is 1. The standard InChI is InChI=1S/C18H22N2O2/c1-12(2)17-11-15(19-22-17)18(21)20-9-5-8-16(20)14-7-4-6-13(3)10-14/h4,6-7,10-12,16H,5,8-9H2,1-3H3/t16-/m1/s1. The topological polar surface area (TPSA) is 46.3 Å². The number of amides is 1. The van der Waals surface area contributed by atoms with Crippen LogP contribution in [0.5, 0.6) is 0 Å². The van der Waals surface area contributed by atoms with Crippen LogP contribution in [0.1, 0.15) is 66.0 Å². The third-order valence-electron chi connectivity index (χ3n) is 4.26. The van der Waals surface area contributed by atoms with Gasteiger partial charge in [-0.25, -0.2) is 0 Å². The number of nitrogens with zero attached hydrogens (tertiary/aromatic N) is 2. The van der Waals surface area contributed by atoms with Gasteiger partial charge in [0.15, 0.2) is 5.69 Å². The number of rotatable bonds is 3. The summed E-state index contributed by atoms with van der Waals surface area (Å²) in [6.07, 6.45) is 2.03. The predicted octanol–water partition coefficient (Wildman–Crippen LogP) is 4.08. The summed E-state index contributed by atoms with van der Waals surface area (Å²) in [4.78, 5) is 14.7. The van der Waals surface area contributed by atoms with Crippen molar-refractivity contribution in [3.05, 3.63) is 52.9 Å². The molecule has 1 atom stereocenters. The van der Waals surface area contributed by atoms with Gasteiger partial charge >= 0.3 is 0 Å². The summed E-state index contributed by atoms with van der Waals surface area (Å²) in [6, 6.07) is 10.3. The van der Waals surface area contributed by atoms with Gasteiger partial charge in [-0.3, -0.25) is 4.79 Å². The van der Waals surface area contributed by atoms with E-state index < -0.39 is 0 Å². The SMILES string of the molecule is Cc1cccc([C@H]2CCCN2C(=O)c2cc(C(C)C)on2)c1. The van der Waals surface area contributed by atoms with Gasteiger partial charge in [-0.15, -0.1) is 0 Å². The third-order valence-corrected chi connectivity index (χ3v) is 4.26. The molecule has 1 fully saturated rings. The van der Waals surface area contributed by atoms with E-state index in [0.29, 0.717) is 5.69 Å². The zero-order valence-electron chi connectivity index (χ0n) is 13.4. The van der Waals surface area contributed by atoms with E-state index >= 15 is 0 Å². The minimum atomic E-state index is -0.0281. The van der Waals surface area contributed by atoms with Gasteiger partial charge in [-0.2, -0.15) is 0 Å². The predicted molar refractivity (Wildman–Crippen MR) is 84.8 cm³/mol. The number of carbonyl (C=O) groups excluding carboxylic acids is 1. The number of aromatic nitrogens is 1. The highest BCUT2D eigenvalue weighted by atomic mass is 16.5. The van der Waals surface area contributed by atoms with Crippen LogP contribution in [0.15, 0.2) is 34.9 Å². The Bertz CT molecular complexity index is 675. The Morgan fingerprint density at radius 2 is 2.18 bits per heavy atom. The summed E-state index contributed by atoms with van der Waals surface area (Å²) < 4.78 is 5.27. The molecule has 1 aliphatic heterocycles. The molecule has 22 heavy (non-hydrogen) atoms. The summed E-state index contributed by atoms with van der Waals surface area (Å²) in [6.45, 7) is 6.92. The Balaban J connectivity index is 1.84. The van der Waals surface area contributed by atoms with Gasteiger partial charge in [0, 0.05) is 18.5 Å². The van der Waals surface area contributed by atoms with Crippen molar-refractivity contribution >= 4 is 5.91 Å². The summed E-state index contributed by atoms with van der Waals surface area (Å²) in [5.41, 5.74) is 2.85. The van der Waals surface area contributed by atoms with Gasteiger partial charge in [0.05, 0.1) is 6.04 Å². The molecule has 0 bridgehead atoms. The van der Waals surface area contributed by atoms with Crippen LogP contribution in [0.2, 0.25) is 0 Å². The molecule has 0 spiro atoms. The summed E-state index contributed by atoms with van der Waals surface area (Å²) in [7, 11) is 0. The normalized spacial score (nSPS) is 18.2. The second-order valence-corrected chi connectivity index (χ2v) is 6.34. The molecule has 4 heteroatoms. The van der Waals surface area contributed by atoms with Crippen molar-refractivity contribution in [1.82, 2.24) is 10.1 Å². The first-order chi connectivity index (χ1) is 10.6. The van der Waals surface area contributed by atoms with Crippen LogP contribution in [0.3, 0.4) is 0 Å². The first-order valence-electron chi connectivity index (χ1n) is 7.90. The van der Waals surface area contributed by atoms with E-state index in [0.717, 1.165) is 25.1 Å². The van der Waals surface area contributed by atoms with Gasteiger partial charge in [0.2, 0.25) is 0 Å². The Labute approximate surface area is 131 Å². The van der Waals surface area contributed by atoms with Crippen molar-refractivity contribution in [2.45, 2.75) is 45.6 Å². The average molecular weight is 298 g/mol. The van der Waals surface area contributed by atoms with Gasteiger partial charge in [-0.05, 0) is 25.3 Å². The smallest absolute Gasteiger partial charge is 0.276 e. The molecule has 0 aliphatic carbocycles. The molecule has 0 radical (unpaired) electrons. The quantitative estimate of drug-likeness (QED) is 0.857. The van der Waals surface area contributed by atoms with Crippen LogP contribution >= 0.6 is 0 Å². The van der Waals surface area contributed by atoms with E-state index in [1.54, 1.807) is 6.07 Å². The number of hydrogen-bond acceptors (Lipinski definition) is 3. The zero-order valence-corrected chi connectivity index (χ0v) is 13.4. The van der Waals surface area contributed by atoms with Gasteiger partial charge in [0.1, 0.15) is 5.76 Å². The fraction of sp³-hybridized carbons (Fsp3) is 0.444. The minimum absolute atomic E-state index is 0.0281. The third kappa shape index (κ3) is 2.78. The molecule has 1 saturated heterocycles. The highest BCUT2D eigenvalue weighted by Crippen LogP contribution is 2.33. The van der Waals surface area contributed by atoms with E-state index in [9.17, 15) is 4.79 Å². The molecule has 2 aromatic rings. The molecule has 0 saturated carbocycles. The highest BCUT2D eigenvalue weighted by Gasteiger charge is 2.32. The summed E-state index contributed by atoms with van der Waals surface area (Å²) in [5, 5.41) is 3.96. The second kappa shape index (κ2) is 5.95. The van der Waals surface area contributed by atoms with Crippen LogP contribution in [0.4, 0.5) is 0 Å². The molecular weight excluding hydrogens is 276 g/mol. The van der Waals surface area contributed by atoms with Crippen LogP contribution in [-0.4, -0.2) is 22.5 Å². The molecule has 116 valence electrons. The van der Waals surface area contributed by atoms with Crippen molar-refractivity contribution in [3.8, 4) is 0 Å². The van der Waals surface area contributed by atoms with E-state index in [-0.39, 0.29) is 17.9 Å². The molecule has 0 N–H and O–H groups in total. The van der Waals surface area contributed by atoms with Crippen LogP contribution in [-0.2, 0) is 0 Å². The fourth-order valence-electron chi connectivity index (χ4n) is 3.04. The zero-order chi connectivity index (χ0) is 15.7. The monoisotopic (exact) mass is 298 g/mol. The van der Waals surface area contributed by atoms with Gasteiger partial charge in [-0.1, -0.05) is 48.8 Å². The van der Waals surface area contributed by atoms with E-state index in [4.69, 9.17) is 4.52 Å². The maximum atomic E-state index is 12.8. The molecule has 1 aliphatic rings. The number of likely N-dealkylation sites (tertiary alicyclic amines) is 1. The lowest BCUT2D eigenvalue weighted by atomic mass is 10.0. The van der Waals surface area contributed by atoms with Crippen molar-refractivity contribution in [2.75, 3.05) is 6.54 Å². The molecule has 1 aromatic carbocycles. The lowest BCUT2D eigenvalue weighted by molar-refractivity contribution is 0.0725. The lowest BCUT2D eigenvalue weighted by Crippen LogP contribution is -2.30.